The number of carboxylic acid groups (broad SMARTS) is 1. The average molecular weight is 472 g/mol. The Morgan fingerprint density at radius 3 is 2.28 bits per heavy atom. The predicted octanol–water partition coefficient (Wildman–Crippen LogP) is -0.225. The zero-order valence-corrected chi connectivity index (χ0v) is 19.0. The van der Waals surface area contributed by atoms with Crippen LogP contribution in [-0.2, 0) is 19.6 Å². The highest BCUT2D eigenvalue weighted by Crippen LogP contribution is 2.30. The number of carbonyl (C=O) groups excluding carboxylic acids is 1. The van der Waals surface area contributed by atoms with Crippen LogP contribution in [0.3, 0.4) is 0 Å². The molecule has 1 aromatic carbocycles. The molecular weight excluding hydrogens is 438 g/mol. The van der Waals surface area contributed by atoms with Crippen LogP contribution in [0.1, 0.15) is 50.5 Å². The van der Waals surface area contributed by atoms with Crippen LogP contribution in [0, 0.1) is 6.92 Å². The van der Waals surface area contributed by atoms with E-state index in [1.165, 1.54) is 12.1 Å². The highest BCUT2D eigenvalue weighted by Gasteiger charge is 2.44. The fourth-order valence-electron chi connectivity index (χ4n) is 3.62. The first-order valence-corrected chi connectivity index (χ1v) is 11.7. The number of aliphatic carboxylic acids is 1. The summed E-state index contributed by atoms with van der Waals surface area (Å²) in [6.07, 6.45) is 3.24. The van der Waals surface area contributed by atoms with Gasteiger partial charge < -0.3 is 27.4 Å². The summed E-state index contributed by atoms with van der Waals surface area (Å²) in [6, 6.07) is 5.15. The number of hydrogen-bond donors (Lipinski definition) is 5. The standard InChI is InChI=1S/C20H31N5O5S.H2O/c1-14-7-9-15(10-8-14)31(29,30)25-20(11-3-2-4-12-20)18(28)24-16(17(26)27)6-5-13-23-19(21)22;/h7-10,16,25H,2-6,11-13H2,1H3,(H,24,28)(H,26,27)(H4,21,22,23);1H2/t16-;/m1./s1. The topological polar surface area (TPSA) is 208 Å². The first-order chi connectivity index (χ1) is 14.6. The van der Waals surface area contributed by atoms with Crippen LogP contribution in [-0.4, -0.2) is 55.0 Å². The Labute approximate surface area is 188 Å². The minimum absolute atomic E-state index is 0. The number of hydrogen-bond acceptors (Lipinski definition) is 5. The first-order valence-electron chi connectivity index (χ1n) is 10.3. The molecular formula is C20H33N5O6S. The van der Waals surface area contributed by atoms with Crippen molar-refractivity contribution in [3.05, 3.63) is 29.8 Å². The van der Waals surface area contributed by atoms with Crippen LogP contribution >= 0.6 is 0 Å². The third-order valence-electron chi connectivity index (χ3n) is 5.35. The van der Waals surface area contributed by atoms with Gasteiger partial charge in [0, 0.05) is 6.54 Å². The quantitative estimate of drug-likeness (QED) is 0.176. The Morgan fingerprint density at radius 2 is 1.75 bits per heavy atom. The van der Waals surface area contributed by atoms with Gasteiger partial charge in [-0.15, -0.1) is 0 Å². The molecule has 1 aromatic rings. The van der Waals surface area contributed by atoms with Crippen LogP contribution in [0.15, 0.2) is 34.2 Å². The number of carboxylic acids is 1. The minimum atomic E-state index is -3.97. The largest absolute Gasteiger partial charge is 0.480 e. The zero-order valence-electron chi connectivity index (χ0n) is 18.1. The van der Waals surface area contributed by atoms with E-state index in [4.69, 9.17) is 11.5 Å². The van der Waals surface area contributed by atoms with Crippen LogP contribution < -0.4 is 21.5 Å². The molecule has 1 aliphatic rings. The van der Waals surface area contributed by atoms with Gasteiger partial charge >= 0.3 is 5.97 Å². The number of nitrogens with two attached hydrogens (primary N) is 2. The molecule has 0 spiro atoms. The SMILES string of the molecule is Cc1ccc(S(=O)(=O)NC2(C(=O)N[C@H](CCCN=C(N)N)C(=O)O)CCCCC2)cc1.O. The molecule has 9 N–H and O–H groups in total. The van der Waals surface area contributed by atoms with Crippen molar-refractivity contribution in [1.29, 1.82) is 0 Å². The molecule has 0 aliphatic heterocycles. The molecule has 1 atom stereocenters. The lowest BCUT2D eigenvalue weighted by Gasteiger charge is -2.37. The van der Waals surface area contributed by atoms with Gasteiger partial charge in [-0.1, -0.05) is 37.0 Å². The molecule has 0 radical (unpaired) electrons. The van der Waals surface area contributed by atoms with Crippen LogP contribution in [0.2, 0.25) is 0 Å². The summed E-state index contributed by atoms with van der Waals surface area (Å²) in [6.45, 7) is 2.08. The van der Waals surface area contributed by atoms with Gasteiger partial charge in [0.05, 0.1) is 4.90 Å². The fraction of sp³-hybridized carbons (Fsp3) is 0.550. The van der Waals surface area contributed by atoms with E-state index in [9.17, 15) is 23.1 Å². The summed E-state index contributed by atoms with van der Waals surface area (Å²) in [4.78, 5) is 28.7. The van der Waals surface area contributed by atoms with E-state index in [1.54, 1.807) is 12.1 Å². The molecule has 1 aliphatic carbocycles. The fourth-order valence-corrected chi connectivity index (χ4v) is 5.05. The summed E-state index contributed by atoms with van der Waals surface area (Å²) in [5.74, 6) is -1.93. The zero-order chi connectivity index (χ0) is 23.1. The van der Waals surface area contributed by atoms with Crippen molar-refractivity contribution in [1.82, 2.24) is 10.0 Å². The van der Waals surface area contributed by atoms with Crippen molar-refractivity contribution >= 4 is 27.9 Å². The van der Waals surface area contributed by atoms with Gasteiger partial charge in [0.2, 0.25) is 15.9 Å². The Kier molecular flexibility index (Phi) is 10.1. The average Bonchev–Trinajstić information content (AvgIpc) is 2.70. The summed E-state index contributed by atoms with van der Waals surface area (Å²) >= 11 is 0. The summed E-state index contributed by atoms with van der Waals surface area (Å²) in [5, 5.41) is 12.0. The normalized spacial score (nSPS) is 16.3. The molecule has 1 fully saturated rings. The Bertz CT molecular complexity index is 907. The van der Waals surface area contributed by atoms with Crippen LogP contribution in [0.25, 0.3) is 0 Å². The molecule has 0 heterocycles. The summed E-state index contributed by atoms with van der Waals surface area (Å²) in [7, 11) is -3.97. The second-order valence-electron chi connectivity index (χ2n) is 7.87. The molecule has 0 saturated heterocycles. The highest BCUT2D eigenvalue weighted by molar-refractivity contribution is 7.89. The molecule has 12 heteroatoms. The molecule has 32 heavy (non-hydrogen) atoms. The number of carbonyl (C=O) groups is 2. The molecule has 1 saturated carbocycles. The number of aryl methyl sites for hydroxylation is 1. The predicted molar refractivity (Wildman–Crippen MR) is 120 cm³/mol. The van der Waals surface area contributed by atoms with E-state index in [-0.39, 0.29) is 29.3 Å². The van der Waals surface area contributed by atoms with Gasteiger partial charge in [0.1, 0.15) is 11.6 Å². The number of aliphatic imine (C=N–C) groups is 1. The van der Waals surface area contributed by atoms with Gasteiger partial charge in [0.15, 0.2) is 5.96 Å². The molecule has 0 aromatic heterocycles. The number of rotatable bonds is 10. The smallest absolute Gasteiger partial charge is 0.326 e. The number of amides is 1. The summed E-state index contributed by atoms with van der Waals surface area (Å²) in [5.41, 5.74) is 10.0. The molecule has 11 nitrogen and oxygen atoms in total. The number of nitrogens with zero attached hydrogens (tertiary/aromatic N) is 1. The second-order valence-corrected chi connectivity index (χ2v) is 9.56. The lowest BCUT2D eigenvalue weighted by Crippen LogP contribution is -2.61. The maximum Gasteiger partial charge on any atom is 0.326 e. The number of guanidine groups is 1. The van der Waals surface area contributed by atoms with Crippen molar-refractivity contribution in [2.75, 3.05) is 6.54 Å². The number of nitrogens with one attached hydrogen (secondary N) is 2. The minimum Gasteiger partial charge on any atom is -0.480 e. The maximum atomic E-state index is 13.2. The van der Waals surface area contributed by atoms with E-state index in [0.717, 1.165) is 12.0 Å². The lowest BCUT2D eigenvalue weighted by atomic mass is 9.81. The molecule has 2 rings (SSSR count). The van der Waals surface area contributed by atoms with Gasteiger partial charge in [0.25, 0.3) is 0 Å². The van der Waals surface area contributed by atoms with Gasteiger partial charge in [-0.2, -0.15) is 4.72 Å². The molecule has 0 bridgehead atoms. The van der Waals surface area contributed by atoms with Gasteiger partial charge in [-0.3, -0.25) is 9.79 Å². The number of sulfonamides is 1. The Morgan fingerprint density at radius 1 is 1.16 bits per heavy atom. The van der Waals surface area contributed by atoms with E-state index in [0.29, 0.717) is 32.1 Å². The van der Waals surface area contributed by atoms with Crippen molar-refractivity contribution < 1.29 is 28.6 Å². The van der Waals surface area contributed by atoms with Crippen molar-refractivity contribution in [2.45, 2.75) is 68.3 Å². The van der Waals surface area contributed by atoms with Crippen molar-refractivity contribution in [3.63, 3.8) is 0 Å². The maximum absolute atomic E-state index is 13.2. The van der Waals surface area contributed by atoms with Crippen LogP contribution in [0.5, 0.6) is 0 Å². The third-order valence-corrected chi connectivity index (χ3v) is 6.90. The van der Waals surface area contributed by atoms with E-state index in [1.807, 2.05) is 6.92 Å². The van der Waals surface area contributed by atoms with Crippen molar-refractivity contribution in [2.24, 2.45) is 16.5 Å². The number of benzene rings is 1. The second kappa shape index (κ2) is 11.8. The van der Waals surface area contributed by atoms with Crippen molar-refractivity contribution in [3.8, 4) is 0 Å². The van der Waals surface area contributed by atoms with Gasteiger partial charge in [-0.25, -0.2) is 13.2 Å². The molecule has 180 valence electrons. The Balaban J connectivity index is 0.00000512. The monoisotopic (exact) mass is 471 g/mol. The Hall–Kier alpha value is -2.70. The third kappa shape index (κ3) is 7.46. The van der Waals surface area contributed by atoms with E-state index in [2.05, 4.69) is 15.0 Å². The molecule has 0 unspecified atom stereocenters. The van der Waals surface area contributed by atoms with E-state index < -0.39 is 33.5 Å². The molecule has 1 amide bonds. The van der Waals surface area contributed by atoms with Crippen LogP contribution in [0.4, 0.5) is 0 Å². The summed E-state index contributed by atoms with van der Waals surface area (Å²) < 4.78 is 28.5. The lowest BCUT2D eigenvalue weighted by molar-refractivity contribution is -0.143. The van der Waals surface area contributed by atoms with E-state index >= 15 is 0 Å². The highest BCUT2D eigenvalue weighted by atomic mass is 32.2. The van der Waals surface area contributed by atoms with Gasteiger partial charge in [-0.05, 0) is 44.7 Å². The first kappa shape index (κ1) is 27.3.